The number of H-pyrrole nitrogens is 2. The second-order valence-corrected chi connectivity index (χ2v) is 9.88. The molecule has 0 aliphatic heterocycles. The van der Waals surface area contributed by atoms with Crippen LogP contribution in [0.5, 0.6) is 0 Å². The van der Waals surface area contributed by atoms with Crippen molar-refractivity contribution in [2.24, 2.45) is 0 Å². The first kappa shape index (κ1) is 22.9. The molecule has 190 valence electrons. The Balaban J connectivity index is 1.32. The van der Waals surface area contributed by atoms with E-state index in [9.17, 15) is 9.59 Å². The molecular formula is C31H24N6O2. The molecule has 8 nitrogen and oxygen atoms in total. The van der Waals surface area contributed by atoms with Crippen LogP contribution in [0, 0.1) is 0 Å². The summed E-state index contributed by atoms with van der Waals surface area (Å²) in [5, 5.41) is 4.05. The third kappa shape index (κ3) is 3.60. The molecule has 3 aromatic carbocycles. The molecule has 0 radical (unpaired) electrons. The number of benzene rings is 3. The normalized spacial score (nSPS) is 13.8. The van der Waals surface area contributed by atoms with Crippen LogP contribution >= 0.6 is 0 Å². The third-order valence-electron chi connectivity index (χ3n) is 7.32. The quantitative estimate of drug-likeness (QED) is 0.298. The number of carbonyl (C=O) groups is 2. The van der Waals surface area contributed by atoms with Gasteiger partial charge in [0.25, 0.3) is 11.8 Å². The number of fused-ring (bicyclic) bond motifs is 5. The van der Waals surface area contributed by atoms with Gasteiger partial charge in [-0.2, -0.15) is 0 Å². The lowest BCUT2D eigenvalue weighted by molar-refractivity contribution is 0.0827. The highest BCUT2D eigenvalue weighted by atomic mass is 16.2. The number of hydrogen-bond acceptors (Lipinski definition) is 4. The molecule has 3 heterocycles. The van der Waals surface area contributed by atoms with E-state index in [0.717, 1.165) is 44.2 Å². The molecule has 8 heteroatoms. The zero-order valence-electron chi connectivity index (χ0n) is 21.3. The Hall–Kier alpha value is -5.24. The summed E-state index contributed by atoms with van der Waals surface area (Å²) in [6, 6.07) is 23.0. The molecule has 3 N–H and O–H groups in total. The molecule has 0 spiro atoms. The van der Waals surface area contributed by atoms with E-state index in [-0.39, 0.29) is 17.9 Å². The Bertz CT molecular complexity index is 1930. The van der Waals surface area contributed by atoms with E-state index in [0.29, 0.717) is 22.6 Å². The minimum Gasteiger partial charge on any atom is -0.346 e. The molecule has 1 atom stereocenters. The number of aromatic amines is 2. The summed E-state index contributed by atoms with van der Waals surface area (Å²) in [4.78, 5) is 43.2. The fourth-order valence-electron chi connectivity index (χ4n) is 5.50. The number of aromatic nitrogens is 4. The molecular weight excluding hydrogens is 488 g/mol. The first-order chi connectivity index (χ1) is 19.0. The maximum Gasteiger partial charge on any atom is 0.253 e. The van der Waals surface area contributed by atoms with E-state index in [2.05, 4.69) is 38.5 Å². The standard InChI is InChI=1S/C31H24N6O2/c1-37(2)31(39)17-10-11-24-25(16-17)35-29(34-24)23-9-5-8-22-26(23)18-6-3-4-7-19(18)27(22)36-30(38)21-13-15-33-28-20(21)12-14-32-28/h3-16,27H,1-2H3,(H,32,33)(H,34,35)(H,36,38). The lowest BCUT2D eigenvalue weighted by Crippen LogP contribution is -2.28. The highest BCUT2D eigenvalue weighted by molar-refractivity contribution is 6.06. The van der Waals surface area contributed by atoms with Crippen molar-refractivity contribution in [2.75, 3.05) is 14.1 Å². The minimum atomic E-state index is -0.320. The van der Waals surface area contributed by atoms with E-state index in [1.807, 2.05) is 42.5 Å². The molecule has 0 saturated carbocycles. The third-order valence-corrected chi connectivity index (χ3v) is 7.32. The number of carbonyl (C=O) groups excluding carboxylic acids is 2. The van der Waals surface area contributed by atoms with Crippen LogP contribution in [-0.4, -0.2) is 50.7 Å². The van der Waals surface area contributed by atoms with Crippen molar-refractivity contribution in [1.29, 1.82) is 0 Å². The molecule has 1 aliphatic carbocycles. The molecule has 6 aromatic rings. The van der Waals surface area contributed by atoms with E-state index in [4.69, 9.17) is 4.98 Å². The molecule has 0 bridgehead atoms. The summed E-state index contributed by atoms with van der Waals surface area (Å²) in [6.45, 7) is 0. The average molecular weight is 513 g/mol. The first-order valence-corrected chi connectivity index (χ1v) is 12.7. The Morgan fingerprint density at radius 2 is 1.74 bits per heavy atom. The minimum absolute atomic E-state index is 0.0627. The van der Waals surface area contributed by atoms with Gasteiger partial charge in [-0.05, 0) is 52.6 Å². The van der Waals surface area contributed by atoms with Crippen molar-refractivity contribution in [2.45, 2.75) is 6.04 Å². The van der Waals surface area contributed by atoms with Crippen molar-refractivity contribution in [3.8, 4) is 22.5 Å². The molecule has 0 fully saturated rings. The Morgan fingerprint density at radius 1 is 0.923 bits per heavy atom. The summed E-state index contributed by atoms with van der Waals surface area (Å²) in [5.41, 5.74) is 8.48. The lowest BCUT2D eigenvalue weighted by Gasteiger charge is -2.16. The van der Waals surface area contributed by atoms with Crippen LogP contribution in [0.2, 0.25) is 0 Å². The molecule has 39 heavy (non-hydrogen) atoms. The van der Waals surface area contributed by atoms with Crippen LogP contribution in [0.4, 0.5) is 0 Å². The SMILES string of the molecule is CN(C)C(=O)c1ccc2nc(-c3cccc4c3-c3ccccc3C4NC(=O)c3ccnc4[nH]ccc34)[nH]c2c1. The number of nitrogens with one attached hydrogen (secondary N) is 3. The number of imidazole rings is 1. The Morgan fingerprint density at radius 3 is 2.62 bits per heavy atom. The smallest absolute Gasteiger partial charge is 0.253 e. The maximum absolute atomic E-state index is 13.5. The lowest BCUT2D eigenvalue weighted by atomic mass is 9.98. The van der Waals surface area contributed by atoms with Gasteiger partial charge in [-0.25, -0.2) is 9.97 Å². The van der Waals surface area contributed by atoms with Gasteiger partial charge in [0.15, 0.2) is 0 Å². The zero-order valence-corrected chi connectivity index (χ0v) is 21.3. The van der Waals surface area contributed by atoms with Crippen LogP contribution < -0.4 is 5.32 Å². The first-order valence-electron chi connectivity index (χ1n) is 12.7. The van der Waals surface area contributed by atoms with Crippen molar-refractivity contribution < 1.29 is 9.59 Å². The van der Waals surface area contributed by atoms with Crippen molar-refractivity contribution in [3.05, 3.63) is 107 Å². The fraction of sp³-hybridized carbons (Fsp3) is 0.0968. The van der Waals surface area contributed by atoms with E-state index in [1.165, 1.54) is 0 Å². The van der Waals surface area contributed by atoms with Crippen LogP contribution in [0.25, 0.3) is 44.6 Å². The van der Waals surface area contributed by atoms with Crippen LogP contribution in [0.3, 0.4) is 0 Å². The molecule has 2 amide bonds. The Kier molecular flexibility index (Phi) is 5.09. The predicted octanol–water partition coefficient (Wildman–Crippen LogP) is 5.31. The van der Waals surface area contributed by atoms with Crippen molar-refractivity contribution >= 4 is 33.9 Å². The van der Waals surface area contributed by atoms with E-state index >= 15 is 0 Å². The fourth-order valence-corrected chi connectivity index (χ4v) is 5.50. The maximum atomic E-state index is 13.5. The van der Waals surface area contributed by atoms with Gasteiger partial charge in [0.1, 0.15) is 11.5 Å². The van der Waals surface area contributed by atoms with Gasteiger partial charge in [-0.15, -0.1) is 0 Å². The zero-order chi connectivity index (χ0) is 26.7. The summed E-state index contributed by atoms with van der Waals surface area (Å²) < 4.78 is 0. The van der Waals surface area contributed by atoms with Crippen LogP contribution in [0.15, 0.2) is 85.2 Å². The van der Waals surface area contributed by atoms with Gasteiger partial charge in [0, 0.05) is 43.0 Å². The van der Waals surface area contributed by atoms with Crippen molar-refractivity contribution in [1.82, 2.24) is 30.2 Å². The van der Waals surface area contributed by atoms with Gasteiger partial charge >= 0.3 is 0 Å². The molecule has 0 saturated heterocycles. The highest BCUT2D eigenvalue weighted by Crippen LogP contribution is 2.47. The molecule has 3 aromatic heterocycles. The van der Waals surface area contributed by atoms with Crippen LogP contribution in [-0.2, 0) is 0 Å². The van der Waals surface area contributed by atoms with E-state index in [1.54, 1.807) is 43.5 Å². The van der Waals surface area contributed by atoms with Gasteiger partial charge in [-0.3, -0.25) is 9.59 Å². The Labute approximate surface area is 223 Å². The van der Waals surface area contributed by atoms with E-state index < -0.39 is 0 Å². The number of amides is 2. The summed E-state index contributed by atoms with van der Waals surface area (Å²) >= 11 is 0. The second-order valence-electron chi connectivity index (χ2n) is 9.88. The van der Waals surface area contributed by atoms with Crippen LogP contribution in [0.1, 0.15) is 37.9 Å². The van der Waals surface area contributed by atoms with Crippen molar-refractivity contribution in [3.63, 3.8) is 0 Å². The van der Waals surface area contributed by atoms with Gasteiger partial charge < -0.3 is 20.2 Å². The molecule has 1 unspecified atom stereocenters. The number of pyridine rings is 1. The topological polar surface area (TPSA) is 107 Å². The van der Waals surface area contributed by atoms with Gasteiger partial charge in [0.2, 0.25) is 0 Å². The summed E-state index contributed by atoms with van der Waals surface area (Å²) in [7, 11) is 3.47. The summed E-state index contributed by atoms with van der Waals surface area (Å²) in [5.74, 6) is 0.482. The second kappa shape index (κ2) is 8.66. The highest BCUT2D eigenvalue weighted by Gasteiger charge is 2.32. The summed E-state index contributed by atoms with van der Waals surface area (Å²) in [6.07, 6.45) is 3.43. The molecule has 7 rings (SSSR count). The number of rotatable bonds is 4. The predicted molar refractivity (Wildman–Crippen MR) is 150 cm³/mol. The van der Waals surface area contributed by atoms with Gasteiger partial charge in [-0.1, -0.05) is 42.5 Å². The van der Waals surface area contributed by atoms with Gasteiger partial charge in [0.05, 0.1) is 22.6 Å². The molecule has 1 aliphatic rings. The number of nitrogens with zero attached hydrogens (tertiary/aromatic N) is 3. The largest absolute Gasteiger partial charge is 0.346 e. The number of hydrogen-bond donors (Lipinski definition) is 3. The average Bonchev–Trinajstić information content (AvgIpc) is 3.68. The monoisotopic (exact) mass is 512 g/mol.